The zero-order valence-electron chi connectivity index (χ0n) is 13.6. The van der Waals surface area contributed by atoms with E-state index in [2.05, 4.69) is 10.3 Å². The van der Waals surface area contributed by atoms with Crippen LogP contribution in [0.2, 0.25) is 0 Å². The van der Waals surface area contributed by atoms with Crippen molar-refractivity contribution in [3.05, 3.63) is 65.2 Å². The molecule has 2 aromatic carbocycles. The van der Waals surface area contributed by atoms with E-state index >= 15 is 0 Å². The van der Waals surface area contributed by atoms with Crippen LogP contribution in [0.1, 0.15) is 0 Å². The Morgan fingerprint density at radius 1 is 1.12 bits per heavy atom. The first-order valence-corrected chi connectivity index (χ1v) is 7.56. The van der Waals surface area contributed by atoms with E-state index in [-0.39, 0.29) is 18.0 Å². The predicted molar refractivity (Wildman–Crippen MR) is 95.4 cm³/mol. The van der Waals surface area contributed by atoms with Crippen LogP contribution in [0, 0.1) is 0 Å². The number of para-hydroxylation sites is 1. The third-order valence-electron chi connectivity index (χ3n) is 3.71. The van der Waals surface area contributed by atoms with Gasteiger partial charge in [0.15, 0.2) is 0 Å². The highest BCUT2D eigenvalue weighted by molar-refractivity contribution is 5.91. The van der Waals surface area contributed by atoms with Crippen molar-refractivity contribution in [2.24, 2.45) is 0 Å². The van der Waals surface area contributed by atoms with Crippen molar-refractivity contribution >= 4 is 28.2 Å². The van der Waals surface area contributed by atoms with Crippen molar-refractivity contribution in [3.8, 4) is 0 Å². The molecule has 0 unspecified atom stereocenters. The Morgan fingerprint density at radius 3 is 2.54 bits per heavy atom. The van der Waals surface area contributed by atoms with Crippen LogP contribution in [0.15, 0.2) is 59.7 Å². The fraction of sp³-hybridized carbons (Fsp3) is 0.167. The van der Waals surface area contributed by atoms with Gasteiger partial charge in [-0.3, -0.25) is 14.2 Å². The van der Waals surface area contributed by atoms with E-state index in [1.165, 1.54) is 10.9 Å². The SMILES string of the molecule is CN(C)c1ccc(NC(=O)Cn2cnc3ccccc3c2=O)cc1. The van der Waals surface area contributed by atoms with Gasteiger partial charge in [0.05, 0.1) is 17.2 Å². The van der Waals surface area contributed by atoms with E-state index in [0.717, 1.165) is 5.69 Å². The van der Waals surface area contributed by atoms with Crippen LogP contribution in [0.4, 0.5) is 11.4 Å². The summed E-state index contributed by atoms with van der Waals surface area (Å²) in [6, 6.07) is 14.6. The van der Waals surface area contributed by atoms with E-state index < -0.39 is 0 Å². The largest absolute Gasteiger partial charge is 0.378 e. The minimum Gasteiger partial charge on any atom is -0.378 e. The van der Waals surface area contributed by atoms with Crippen molar-refractivity contribution in [3.63, 3.8) is 0 Å². The number of rotatable bonds is 4. The molecule has 0 aliphatic carbocycles. The molecule has 0 saturated heterocycles. The highest BCUT2D eigenvalue weighted by Gasteiger charge is 2.08. The van der Waals surface area contributed by atoms with Gasteiger partial charge in [-0.2, -0.15) is 0 Å². The molecule has 24 heavy (non-hydrogen) atoms. The Labute approximate surface area is 139 Å². The first-order chi connectivity index (χ1) is 11.5. The predicted octanol–water partition coefficient (Wildman–Crippen LogP) is 2.10. The molecule has 0 saturated carbocycles. The van der Waals surface area contributed by atoms with Crippen LogP contribution in [-0.2, 0) is 11.3 Å². The number of anilines is 2. The number of nitrogens with zero attached hydrogens (tertiary/aromatic N) is 3. The standard InChI is InChI=1S/C18H18N4O2/c1-21(2)14-9-7-13(8-10-14)20-17(23)11-22-12-19-16-6-4-3-5-15(16)18(22)24/h3-10,12H,11H2,1-2H3,(H,20,23). The average molecular weight is 322 g/mol. The summed E-state index contributed by atoms with van der Waals surface area (Å²) >= 11 is 0. The number of benzene rings is 2. The molecule has 6 heteroatoms. The van der Waals surface area contributed by atoms with Gasteiger partial charge in [0.25, 0.3) is 5.56 Å². The second-order valence-corrected chi connectivity index (χ2v) is 5.68. The molecule has 0 atom stereocenters. The fourth-order valence-electron chi connectivity index (χ4n) is 2.42. The summed E-state index contributed by atoms with van der Waals surface area (Å²) < 4.78 is 1.31. The summed E-state index contributed by atoms with van der Waals surface area (Å²) in [5.74, 6) is -0.271. The molecule has 0 bridgehead atoms. The van der Waals surface area contributed by atoms with E-state index in [1.807, 2.05) is 49.3 Å². The smallest absolute Gasteiger partial charge is 0.261 e. The Bertz CT molecular complexity index is 930. The fourth-order valence-corrected chi connectivity index (χ4v) is 2.42. The zero-order valence-corrected chi connectivity index (χ0v) is 13.6. The molecule has 6 nitrogen and oxygen atoms in total. The molecule has 0 radical (unpaired) electrons. The molecular weight excluding hydrogens is 304 g/mol. The van der Waals surface area contributed by atoms with Gasteiger partial charge in [0, 0.05) is 25.5 Å². The van der Waals surface area contributed by atoms with Gasteiger partial charge in [-0.25, -0.2) is 4.98 Å². The topological polar surface area (TPSA) is 67.2 Å². The molecule has 1 amide bonds. The number of amides is 1. The number of carbonyl (C=O) groups is 1. The summed E-state index contributed by atoms with van der Waals surface area (Å²) in [5.41, 5.74) is 2.13. The third-order valence-corrected chi connectivity index (χ3v) is 3.71. The highest BCUT2D eigenvalue weighted by Crippen LogP contribution is 2.15. The number of carbonyl (C=O) groups excluding carboxylic acids is 1. The molecule has 0 fully saturated rings. The molecule has 0 spiro atoms. The summed E-state index contributed by atoms with van der Waals surface area (Å²) in [4.78, 5) is 30.7. The van der Waals surface area contributed by atoms with Gasteiger partial charge in [-0.15, -0.1) is 0 Å². The maximum Gasteiger partial charge on any atom is 0.261 e. The summed E-state index contributed by atoms with van der Waals surface area (Å²) in [7, 11) is 3.90. The van der Waals surface area contributed by atoms with Crippen molar-refractivity contribution in [2.45, 2.75) is 6.54 Å². The minimum absolute atomic E-state index is 0.0773. The van der Waals surface area contributed by atoms with Gasteiger partial charge < -0.3 is 10.2 Å². The van der Waals surface area contributed by atoms with Crippen LogP contribution in [0.25, 0.3) is 10.9 Å². The minimum atomic E-state index is -0.271. The quantitative estimate of drug-likeness (QED) is 0.799. The molecule has 122 valence electrons. The van der Waals surface area contributed by atoms with Gasteiger partial charge >= 0.3 is 0 Å². The summed E-state index contributed by atoms with van der Waals surface area (Å²) in [6.45, 7) is -0.0773. The lowest BCUT2D eigenvalue weighted by atomic mass is 10.2. The number of hydrogen-bond acceptors (Lipinski definition) is 4. The molecule has 1 aromatic heterocycles. The van der Waals surface area contributed by atoms with Crippen LogP contribution < -0.4 is 15.8 Å². The lowest BCUT2D eigenvalue weighted by Crippen LogP contribution is -2.27. The van der Waals surface area contributed by atoms with E-state index in [9.17, 15) is 9.59 Å². The average Bonchev–Trinajstić information content (AvgIpc) is 2.58. The second-order valence-electron chi connectivity index (χ2n) is 5.68. The van der Waals surface area contributed by atoms with Crippen molar-refractivity contribution in [2.75, 3.05) is 24.3 Å². The molecule has 1 N–H and O–H groups in total. The first kappa shape index (κ1) is 15.7. The van der Waals surface area contributed by atoms with Gasteiger partial charge in [0.1, 0.15) is 6.54 Å². The summed E-state index contributed by atoms with van der Waals surface area (Å²) in [6.07, 6.45) is 1.40. The van der Waals surface area contributed by atoms with E-state index in [0.29, 0.717) is 16.6 Å². The Morgan fingerprint density at radius 2 is 1.83 bits per heavy atom. The third kappa shape index (κ3) is 3.27. The van der Waals surface area contributed by atoms with E-state index in [1.54, 1.807) is 18.2 Å². The normalized spacial score (nSPS) is 10.6. The van der Waals surface area contributed by atoms with E-state index in [4.69, 9.17) is 0 Å². The maximum absolute atomic E-state index is 12.4. The molecule has 1 heterocycles. The molecule has 0 aliphatic rings. The van der Waals surface area contributed by atoms with Gasteiger partial charge in [-0.1, -0.05) is 12.1 Å². The zero-order chi connectivity index (χ0) is 17.1. The Hall–Kier alpha value is -3.15. The van der Waals surface area contributed by atoms with Gasteiger partial charge in [0.2, 0.25) is 5.91 Å². The summed E-state index contributed by atoms with van der Waals surface area (Å²) in [5, 5.41) is 3.29. The highest BCUT2D eigenvalue weighted by atomic mass is 16.2. The van der Waals surface area contributed by atoms with Crippen molar-refractivity contribution < 1.29 is 4.79 Å². The van der Waals surface area contributed by atoms with Crippen LogP contribution in [0.5, 0.6) is 0 Å². The van der Waals surface area contributed by atoms with Crippen molar-refractivity contribution in [1.82, 2.24) is 9.55 Å². The van der Waals surface area contributed by atoms with Crippen molar-refractivity contribution in [1.29, 1.82) is 0 Å². The van der Waals surface area contributed by atoms with Crippen LogP contribution in [0.3, 0.4) is 0 Å². The Kier molecular flexibility index (Phi) is 4.29. The number of nitrogens with one attached hydrogen (secondary N) is 1. The molecule has 3 rings (SSSR count). The molecule has 3 aromatic rings. The lowest BCUT2D eigenvalue weighted by Gasteiger charge is -2.13. The number of aromatic nitrogens is 2. The first-order valence-electron chi connectivity index (χ1n) is 7.56. The number of fused-ring (bicyclic) bond motifs is 1. The second kappa shape index (κ2) is 6.54. The molecule has 0 aliphatic heterocycles. The monoisotopic (exact) mass is 322 g/mol. The van der Waals surface area contributed by atoms with Crippen LogP contribution in [-0.4, -0.2) is 29.6 Å². The molecular formula is C18H18N4O2. The maximum atomic E-state index is 12.4. The number of hydrogen-bond donors (Lipinski definition) is 1. The lowest BCUT2D eigenvalue weighted by molar-refractivity contribution is -0.116. The Balaban J connectivity index is 1.75. The van der Waals surface area contributed by atoms with Gasteiger partial charge in [-0.05, 0) is 36.4 Å². The van der Waals surface area contributed by atoms with Crippen LogP contribution >= 0.6 is 0 Å².